The number of fused-ring (bicyclic) bond motifs is 2. The zero-order valence-corrected chi connectivity index (χ0v) is 23.5. The minimum absolute atomic E-state index is 0.122. The summed E-state index contributed by atoms with van der Waals surface area (Å²) >= 11 is 0. The molecule has 0 saturated heterocycles. The van der Waals surface area contributed by atoms with Crippen molar-refractivity contribution in [2.75, 3.05) is 0 Å². The Morgan fingerprint density at radius 1 is 0.721 bits per heavy atom. The van der Waals surface area contributed by atoms with Crippen LogP contribution in [0.5, 0.6) is 0 Å². The Balaban J connectivity index is 1.44. The van der Waals surface area contributed by atoms with Crippen LogP contribution in [0.25, 0.3) is 32.8 Å². The molecule has 1 aromatic heterocycles. The Bertz CT molecular complexity index is 2010. The van der Waals surface area contributed by atoms with E-state index in [1.165, 1.54) is 18.2 Å². The van der Waals surface area contributed by atoms with Gasteiger partial charge >= 0.3 is 5.97 Å². The Hall–Kier alpha value is -5.30. The van der Waals surface area contributed by atoms with Crippen LogP contribution in [0.2, 0.25) is 0 Å². The molecule has 0 aliphatic carbocycles. The minimum Gasteiger partial charge on any atom is -0.478 e. The highest BCUT2D eigenvalue weighted by molar-refractivity contribution is 6.08. The van der Waals surface area contributed by atoms with Crippen LogP contribution in [0.4, 0.5) is 8.78 Å². The summed E-state index contributed by atoms with van der Waals surface area (Å²) in [6, 6.07) is 29.4. The van der Waals surface area contributed by atoms with E-state index >= 15 is 0 Å². The number of amides is 1. The molecule has 1 heterocycles. The van der Waals surface area contributed by atoms with Gasteiger partial charge in [0.25, 0.3) is 5.91 Å². The predicted molar refractivity (Wildman–Crippen MR) is 164 cm³/mol. The normalized spacial score (nSPS) is 12.7. The molecule has 5 aromatic carbocycles. The SMILES string of the molecule is CC(NC(=O)c1cc(-c2ccc(F)c(F)c2)cc2ccn([C@@H](C)c3ccc4ccccc4c3)c12)c1ccc(C(=O)O)cc1. The fourth-order valence-electron chi connectivity index (χ4n) is 5.55. The van der Waals surface area contributed by atoms with Crippen LogP contribution in [0.15, 0.2) is 109 Å². The molecule has 0 aliphatic heterocycles. The van der Waals surface area contributed by atoms with Crippen molar-refractivity contribution in [2.45, 2.75) is 25.9 Å². The number of hydrogen-bond acceptors (Lipinski definition) is 2. The van der Waals surface area contributed by atoms with Crippen LogP contribution in [-0.4, -0.2) is 21.6 Å². The maximum absolute atomic E-state index is 14.2. The highest BCUT2D eigenvalue weighted by Crippen LogP contribution is 2.34. The number of nitrogens with zero attached hydrogens (tertiary/aromatic N) is 1. The molecule has 6 aromatic rings. The third kappa shape index (κ3) is 5.37. The molecule has 6 rings (SSSR count). The number of benzene rings is 5. The molecule has 43 heavy (non-hydrogen) atoms. The number of aromatic carboxylic acids is 1. The summed E-state index contributed by atoms with van der Waals surface area (Å²) in [6.45, 7) is 3.89. The number of carbonyl (C=O) groups is 2. The number of aromatic nitrogens is 1. The summed E-state index contributed by atoms with van der Waals surface area (Å²) in [6.07, 6.45) is 1.93. The topological polar surface area (TPSA) is 71.3 Å². The monoisotopic (exact) mass is 574 g/mol. The second-order valence-corrected chi connectivity index (χ2v) is 10.7. The molecule has 2 atom stereocenters. The van der Waals surface area contributed by atoms with E-state index < -0.39 is 23.6 Å². The van der Waals surface area contributed by atoms with Crippen molar-refractivity contribution in [3.05, 3.63) is 143 Å². The molecular formula is C36H28F2N2O3. The number of halogens is 2. The van der Waals surface area contributed by atoms with E-state index in [0.29, 0.717) is 22.2 Å². The van der Waals surface area contributed by atoms with Gasteiger partial charge in [-0.3, -0.25) is 4.79 Å². The van der Waals surface area contributed by atoms with Crippen molar-refractivity contribution in [3.63, 3.8) is 0 Å². The van der Waals surface area contributed by atoms with Gasteiger partial charge in [-0.05, 0) is 95.4 Å². The van der Waals surface area contributed by atoms with E-state index in [9.17, 15) is 23.5 Å². The minimum atomic E-state index is -1.03. The van der Waals surface area contributed by atoms with Crippen LogP contribution in [-0.2, 0) is 0 Å². The molecule has 2 N–H and O–H groups in total. The van der Waals surface area contributed by atoms with Crippen molar-refractivity contribution in [3.8, 4) is 11.1 Å². The fourth-order valence-corrected chi connectivity index (χ4v) is 5.55. The van der Waals surface area contributed by atoms with Gasteiger partial charge in [-0.1, -0.05) is 54.6 Å². The Kier molecular flexibility index (Phi) is 7.24. The number of carboxylic acids is 1. The van der Waals surface area contributed by atoms with E-state index in [1.807, 2.05) is 37.4 Å². The number of carboxylic acid groups (broad SMARTS) is 1. The van der Waals surface area contributed by atoms with Gasteiger partial charge in [0.05, 0.1) is 28.7 Å². The third-order valence-electron chi connectivity index (χ3n) is 7.99. The molecule has 214 valence electrons. The van der Waals surface area contributed by atoms with Crippen LogP contribution in [0.3, 0.4) is 0 Å². The van der Waals surface area contributed by atoms with Crippen molar-refractivity contribution >= 4 is 33.6 Å². The Labute approximate surface area is 247 Å². The maximum Gasteiger partial charge on any atom is 0.335 e. The first-order valence-corrected chi connectivity index (χ1v) is 13.9. The average Bonchev–Trinajstić information content (AvgIpc) is 3.45. The van der Waals surface area contributed by atoms with Gasteiger partial charge in [-0.25, -0.2) is 13.6 Å². The zero-order valence-electron chi connectivity index (χ0n) is 23.5. The fraction of sp³-hybridized carbons (Fsp3) is 0.111. The van der Waals surface area contributed by atoms with E-state index in [1.54, 1.807) is 18.2 Å². The number of carbonyl (C=O) groups excluding carboxylic acids is 1. The van der Waals surface area contributed by atoms with E-state index in [4.69, 9.17) is 0 Å². The largest absolute Gasteiger partial charge is 0.478 e. The number of nitrogens with one attached hydrogen (secondary N) is 1. The second kappa shape index (κ2) is 11.2. The molecule has 0 spiro atoms. The number of hydrogen-bond donors (Lipinski definition) is 2. The first-order chi connectivity index (χ1) is 20.7. The van der Waals surface area contributed by atoms with E-state index in [2.05, 4.69) is 47.1 Å². The molecule has 0 aliphatic rings. The van der Waals surface area contributed by atoms with Gasteiger partial charge < -0.3 is 15.0 Å². The standard InChI is InChI=1S/C36H28F2N2O3/c1-21(23-7-10-25(11-8-23)36(42)43)39-35(41)31-19-30(28-13-14-32(37)33(38)20-28)18-29-15-16-40(34(29)31)22(2)26-12-9-24-5-3-4-6-27(24)17-26/h3-22H,1-2H3,(H,39,41)(H,42,43)/t21?,22-/m0/s1. The molecular weight excluding hydrogens is 546 g/mol. The highest BCUT2D eigenvalue weighted by Gasteiger charge is 2.21. The summed E-state index contributed by atoms with van der Waals surface area (Å²) in [5.41, 5.74) is 4.07. The maximum atomic E-state index is 14.2. The Morgan fingerprint density at radius 2 is 1.44 bits per heavy atom. The Morgan fingerprint density at radius 3 is 2.16 bits per heavy atom. The third-order valence-corrected chi connectivity index (χ3v) is 7.99. The van der Waals surface area contributed by atoms with Crippen molar-refractivity contribution < 1.29 is 23.5 Å². The molecule has 1 amide bonds. The summed E-state index contributed by atoms with van der Waals surface area (Å²) < 4.78 is 30.0. The molecule has 0 radical (unpaired) electrons. The van der Waals surface area contributed by atoms with Crippen molar-refractivity contribution in [2.24, 2.45) is 0 Å². The van der Waals surface area contributed by atoms with Gasteiger partial charge in [0.2, 0.25) is 0 Å². The smallest absolute Gasteiger partial charge is 0.335 e. The first-order valence-electron chi connectivity index (χ1n) is 13.9. The number of rotatable bonds is 7. The van der Waals surface area contributed by atoms with Gasteiger partial charge in [0, 0.05) is 11.6 Å². The van der Waals surface area contributed by atoms with Crippen LogP contribution in [0, 0.1) is 11.6 Å². The second-order valence-electron chi connectivity index (χ2n) is 10.7. The van der Waals surface area contributed by atoms with Crippen LogP contribution >= 0.6 is 0 Å². The summed E-state index contributed by atoms with van der Waals surface area (Å²) in [4.78, 5) is 25.2. The van der Waals surface area contributed by atoms with Crippen LogP contribution in [0.1, 0.15) is 57.8 Å². The predicted octanol–water partition coefficient (Wildman–Crippen LogP) is 8.54. The van der Waals surface area contributed by atoms with E-state index in [0.717, 1.165) is 39.4 Å². The lowest BCUT2D eigenvalue weighted by Gasteiger charge is -2.20. The quantitative estimate of drug-likeness (QED) is 0.201. The molecule has 5 nitrogen and oxygen atoms in total. The van der Waals surface area contributed by atoms with E-state index in [-0.39, 0.29) is 17.5 Å². The average molecular weight is 575 g/mol. The molecule has 7 heteroatoms. The van der Waals surface area contributed by atoms with Crippen molar-refractivity contribution in [1.82, 2.24) is 9.88 Å². The summed E-state index contributed by atoms with van der Waals surface area (Å²) in [7, 11) is 0. The van der Waals surface area contributed by atoms with Gasteiger partial charge in [-0.15, -0.1) is 0 Å². The molecule has 0 saturated carbocycles. The van der Waals surface area contributed by atoms with Gasteiger partial charge in [0.15, 0.2) is 11.6 Å². The van der Waals surface area contributed by atoms with Crippen molar-refractivity contribution in [1.29, 1.82) is 0 Å². The molecule has 1 unspecified atom stereocenters. The first kappa shape index (κ1) is 27.8. The lowest BCUT2D eigenvalue weighted by atomic mass is 9.98. The van der Waals surface area contributed by atoms with Gasteiger partial charge in [-0.2, -0.15) is 0 Å². The molecule has 0 fully saturated rings. The van der Waals surface area contributed by atoms with Gasteiger partial charge in [0.1, 0.15) is 0 Å². The lowest BCUT2D eigenvalue weighted by molar-refractivity contribution is 0.0696. The summed E-state index contributed by atoms with van der Waals surface area (Å²) in [5.74, 6) is -3.29. The van der Waals surface area contributed by atoms with Crippen LogP contribution < -0.4 is 5.32 Å². The summed E-state index contributed by atoms with van der Waals surface area (Å²) in [5, 5.41) is 15.3. The zero-order chi connectivity index (χ0) is 30.2. The highest BCUT2D eigenvalue weighted by atomic mass is 19.2. The molecule has 0 bridgehead atoms. The lowest BCUT2D eigenvalue weighted by Crippen LogP contribution is -2.27.